The number of esters is 1. The second kappa shape index (κ2) is 10.6. The number of alkyl carbamates (subject to hydrolysis) is 1. The van der Waals surface area contributed by atoms with Gasteiger partial charge in [0.15, 0.2) is 0 Å². The van der Waals surface area contributed by atoms with Crippen LogP contribution in [0.15, 0.2) is 54.6 Å². The highest BCUT2D eigenvalue weighted by molar-refractivity contribution is 5.87. The lowest BCUT2D eigenvalue weighted by molar-refractivity contribution is -0.144. The van der Waals surface area contributed by atoms with Crippen LogP contribution in [0.3, 0.4) is 0 Å². The number of phenols is 1. The Morgan fingerprint density at radius 1 is 1.00 bits per heavy atom. The molecule has 0 unspecified atom stereocenters. The van der Waals surface area contributed by atoms with E-state index in [2.05, 4.69) is 10.6 Å². The molecule has 28 heavy (non-hydrogen) atoms. The van der Waals surface area contributed by atoms with E-state index in [-0.39, 0.29) is 25.3 Å². The fourth-order valence-corrected chi connectivity index (χ4v) is 2.38. The Morgan fingerprint density at radius 2 is 1.68 bits per heavy atom. The molecule has 0 saturated heterocycles. The Morgan fingerprint density at radius 3 is 2.32 bits per heavy atom. The van der Waals surface area contributed by atoms with Crippen molar-refractivity contribution in [3.05, 3.63) is 65.7 Å². The first kappa shape index (κ1) is 20.8. The van der Waals surface area contributed by atoms with Crippen LogP contribution in [0.2, 0.25) is 0 Å². The molecule has 0 aliphatic carbocycles. The average Bonchev–Trinajstić information content (AvgIpc) is 2.72. The highest BCUT2D eigenvalue weighted by Crippen LogP contribution is 2.11. The summed E-state index contributed by atoms with van der Waals surface area (Å²) in [6, 6.07) is 14.4. The van der Waals surface area contributed by atoms with Crippen molar-refractivity contribution in [2.45, 2.75) is 19.1 Å². The molecule has 148 valence electrons. The summed E-state index contributed by atoms with van der Waals surface area (Å²) in [6.07, 6.45) is -0.566. The van der Waals surface area contributed by atoms with E-state index in [1.54, 1.807) is 12.1 Å². The number of carbonyl (C=O) groups is 3. The van der Waals surface area contributed by atoms with Crippen LogP contribution in [0.25, 0.3) is 0 Å². The van der Waals surface area contributed by atoms with Gasteiger partial charge in [-0.15, -0.1) is 0 Å². The van der Waals surface area contributed by atoms with E-state index in [0.717, 1.165) is 11.1 Å². The topological polar surface area (TPSA) is 114 Å². The first-order valence-electron chi connectivity index (χ1n) is 8.57. The minimum atomic E-state index is -0.927. The van der Waals surface area contributed by atoms with E-state index in [1.807, 2.05) is 30.3 Å². The number of hydrogen-bond donors (Lipinski definition) is 3. The summed E-state index contributed by atoms with van der Waals surface area (Å²) in [5.74, 6) is -1.08. The molecule has 0 heterocycles. The van der Waals surface area contributed by atoms with E-state index < -0.39 is 24.0 Å². The van der Waals surface area contributed by atoms with E-state index in [1.165, 1.54) is 19.2 Å². The first-order chi connectivity index (χ1) is 13.5. The van der Waals surface area contributed by atoms with Gasteiger partial charge in [0.1, 0.15) is 24.9 Å². The Hall–Kier alpha value is -3.55. The van der Waals surface area contributed by atoms with Crippen LogP contribution in [-0.4, -0.2) is 42.8 Å². The molecule has 2 rings (SSSR count). The molecular formula is C20H22N2O6. The van der Waals surface area contributed by atoms with Gasteiger partial charge in [-0.1, -0.05) is 42.5 Å². The standard InChI is InChI=1S/C20H22N2O6/c1-27-19(25)17(11-14-7-9-16(23)10-8-14)22-18(24)12-21-20(26)28-13-15-5-3-2-4-6-15/h2-10,17,23H,11-13H2,1H3,(H,21,26)(H,22,24)/t17-/m0/s1. The van der Waals surface area contributed by atoms with Crippen molar-refractivity contribution in [3.8, 4) is 5.75 Å². The highest BCUT2D eigenvalue weighted by atomic mass is 16.5. The molecule has 2 aromatic rings. The maximum absolute atomic E-state index is 12.1. The van der Waals surface area contributed by atoms with Gasteiger partial charge in [-0.25, -0.2) is 9.59 Å². The summed E-state index contributed by atoms with van der Waals surface area (Å²) in [4.78, 5) is 35.7. The number of benzene rings is 2. The molecule has 1 atom stereocenters. The number of nitrogens with one attached hydrogen (secondary N) is 2. The normalized spacial score (nSPS) is 11.2. The van der Waals surface area contributed by atoms with Crippen molar-refractivity contribution in [2.75, 3.05) is 13.7 Å². The smallest absolute Gasteiger partial charge is 0.407 e. The van der Waals surface area contributed by atoms with Gasteiger partial charge in [0, 0.05) is 6.42 Å². The number of ether oxygens (including phenoxy) is 2. The Labute approximate surface area is 162 Å². The van der Waals surface area contributed by atoms with Crippen molar-refractivity contribution in [1.82, 2.24) is 10.6 Å². The van der Waals surface area contributed by atoms with Gasteiger partial charge in [0.2, 0.25) is 5.91 Å². The molecule has 0 radical (unpaired) electrons. The lowest BCUT2D eigenvalue weighted by atomic mass is 10.1. The van der Waals surface area contributed by atoms with E-state index in [9.17, 15) is 19.5 Å². The second-order valence-electron chi connectivity index (χ2n) is 5.93. The summed E-state index contributed by atoms with van der Waals surface area (Å²) >= 11 is 0. The van der Waals surface area contributed by atoms with Gasteiger partial charge < -0.3 is 25.2 Å². The van der Waals surface area contributed by atoms with Crippen LogP contribution < -0.4 is 10.6 Å². The monoisotopic (exact) mass is 386 g/mol. The van der Waals surface area contributed by atoms with Crippen LogP contribution in [0, 0.1) is 0 Å². The van der Waals surface area contributed by atoms with Gasteiger partial charge in [-0.2, -0.15) is 0 Å². The Bertz CT molecular complexity index is 792. The molecular weight excluding hydrogens is 364 g/mol. The zero-order valence-corrected chi connectivity index (χ0v) is 15.4. The zero-order valence-electron chi connectivity index (χ0n) is 15.4. The predicted octanol–water partition coefficient (Wildman–Crippen LogP) is 1.52. The quantitative estimate of drug-likeness (QED) is 0.593. The molecule has 8 nitrogen and oxygen atoms in total. The number of phenolic OH excluding ortho intramolecular Hbond substituents is 1. The van der Waals surface area contributed by atoms with Crippen LogP contribution in [0.4, 0.5) is 4.79 Å². The largest absolute Gasteiger partial charge is 0.508 e. The van der Waals surface area contributed by atoms with Gasteiger partial charge in [0.05, 0.1) is 7.11 Å². The molecule has 0 spiro atoms. The van der Waals surface area contributed by atoms with Gasteiger partial charge >= 0.3 is 12.1 Å². The van der Waals surface area contributed by atoms with Gasteiger partial charge in [-0.05, 0) is 23.3 Å². The fourth-order valence-electron chi connectivity index (χ4n) is 2.38. The fraction of sp³-hybridized carbons (Fsp3) is 0.250. The van der Waals surface area contributed by atoms with Crippen LogP contribution in [0.5, 0.6) is 5.75 Å². The number of carbonyl (C=O) groups excluding carboxylic acids is 3. The molecule has 2 aromatic carbocycles. The lowest BCUT2D eigenvalue weighted by Gasteiger charge is -2.17. The first-order valence-corrected chi connectivity index (χ1v) is 8.57. The number of aromatic hydroxyl groups is 1. The third-order valence-corrected chi connectivity index (χ3v) is 3.80. The molecule has 0 saturated carbocycles. The molecule has 0 aromatic heterocycles. The van der Waals surface area contributed by atoms with Crippen molar-refractivity contribution >= 4 is 18.0 Å². The molecule has 2 amide bonds. The number of rotatable bonds is 8. The number of methoxy groups -OCH3 is 1. The van der Waals surface area contributed by atoms with Crippen LogP contribution >= 0.6 is 0 Å². The summed E-state index contributed by atoms with van der Waals surface area (Å²) in [6.45, 7) is -0.267. The summed E-state index contributed by atoms with van der Waals surface area (Å²) in [5, 5.41) is 14.2. The minimum absolute atomic E-state index is 0.0833. The lowest BCUT2D eigenvalue weighted by Crippen LogP contribution is -2.47. The van der Waals surface area contributed by atoms with Crippen molar-refractivity contribution in [1.29, 1.82) is 0 Å². The second-order valence-corrected chi connectivity index (χ2v) is 5.93. The summed E-state index contributed by atoms with van der Waals surface area (Å²) in [7, 11) is 1.22. The minimum Gasteiger partial charge on any atom is -0.508 e. The van der Waals surface area contributed by atoms with Crippen molar-refractivity contribution in [2.24, 2.45) is 0 Å². The molecule has 0 aliphatic rings. The Kier molecular flexibility index (Phi) is 7.83. The Balaban J connectivity index is 1.81. The van der Waals surface area contributed by atoms with Crippen molar-refractivity contribution < 1.29 is 29.0 Å². The molecule has 3 N–H and O–H groups in total. The molecule has 0 fully saturated rings. The average molecular weight is 386 g/mol. The third-order valence-electron chi connectivity index (χ3n) is 3.80. The van der Waals surface area contributed by atoms with E-state index >= 15 is 0 Å². The SMILES string of the molecule is COC(=O)[C@H](Cc1ccc(O)cc1)NC(=O)CNC(=O)OCc1ccccc1. The third kappa shape index (κ3) is 6.99. The number of hydrogen-bond acceptors (Lipinski definition) is 6. The summed E-state index contributed by atoms with van der Waals surface area (Å²) in [5.41, 5.74) is 1.55. The van der Waals surface area contributed by atoms with Crippen LogP contribution in [-0.2, 0) is 32.1 Å². The predicted molar refractivity (Wildman–Crippen MR) is 100 cm³/mol. The maximum atomic E-state index is 12.1. The van der Waals surface area contributed by atoms with Gasteiger partial charge in [-0.3, -0.25) is 4.79 Å². The maximum Gasteiger partial charge on any atom is 0.407 e. The zero-order chi connectivity index (χ0) is 20.4. The molecule has 0 bridgehead atoms. The number of amides is 2. The van der Waals surface area contributed by atoms with E-state index in [4.69, 9.17) is 9.47 Å². The van der Waals surface area contributed by atoms with Gasteiger partial charge in [0.25, 0.3) is 0 Å². The van der Waals surface area contributed by atoms with Crippen molar-refractivity contribution in [3.63, 3.8) is 0 Å². The van der Waals surface area contributed by atoms with Crippen LogP contribution in [0.1, 0.15) is 11.1 Å². The molecule has 8 heteroatoms. The molecule has 0 aliphatic heterocycles. The highest BCUT2D eigenvalue weighted by Gasteiger charge is 2.22. The van der Waals surface area contributed by atoms with E-state index in [0.29, 0.717) is 0 Å². The summed E-state index contributed by atoms with van der Waals surface area (Å²) < 4.78 is 9.72.